The van der Waals surface area contributed by atoms with Gasteiger partial charge in [-0.15, -0.1) is 0 Å². The zero-order valence-electron chi connectivity index (χ0n) is 35.4. The van der Waals surface area contributed by atoms with E-state index in [1.165, 1.54) is 75.1 Å². The van der Waals surface area contributed by atoms with Crippen molar-refractivity contribution in [2.24, 2.45) is 0 Å². The summed E-state index contributed by atoms with van der Waals surface area (Å²) in [6.45, 7) is 0. The van der Waals surface area contributed by atoms with E-state index in [0.29, 0.717) is 0 Å². The Morgan fingerprint density at radius 2 is 0.954 bits per heavy atom. The molecule has 0 radical (unpaired) electrons. The summed E-state index contributed by atoms with van der Waals surface area (Å²) in [7, 11) is -2.87. The number of hydrogen-bond acceptors (Lipinski definition) is 2. The molecule has 11 aromatic rings. The van der Waals surface area contributed by atoms with Crippen LogP contribution < -0.4 is 36.4 Å². The highest BCUT2D eigenvalue weighted by Gasteiger charge is 2.44. The van der Waals surface area contributed by atoms with Crippen LogP contribution in [0.5, 0.6) is 11.5 Å². The summed E-state index contributed by atoms with van der Waals surface area (Å²) < 4.78 is 9.64. The molecule has 0 saturated heterocycles. The van der Waals surface area contributed by atoms with Crippen molar-refractivity contribution in [1.29, 1.82) is 0 Å². The quantitative estimate of drug-likeness (QED) is 0.117. The van der Waals surface area contributed by atoms with Crippen molar-refractivity contribution in [2.75, 3.05) is 0 Å². The van der Waals surface area contributed by atoms with Gasteiger partial charge in [0.15, 0.2) is 8.07 Å². The van der Waals surface area contributed by atoms with E-state index in [0.717, 1.165) is 33.9 Å². The van der Waals surface area contributed by atoms with Gasteiger partial charge < -0.3 is 9.30 Å². The van der Waals surface area contributed by atoms with Crippen molar-refractivity contribution < 1.29 is 4.74 Å². The van der Waals surface area contributed by atoms with E-state index < -0.39 is 8.07 Å². The fourth-order valence-corrected chi connectivity index (χ4v) is 17.2. The predicted molar refractivity (Wildman–Crippen MR) is 278 cm³/mol. The zero-order valence-corrected chi connectivity index (χ0v) is 37.3. The maximum absolute atomic E-state index is 7.25. The first-order valence-electron chi connectivity index (χ1n) is 22.4. The SMILES string of the molecule is c1ccc([Si](c2ccccc2)(c2ccccc2)c2ccccc2-c2cc3c4c(c2)-c2ccccc2SB4c2ccc(-c4cccc(-n5c6ccccc6c6ccccc65)c4)cc2O3)cc1. The first kappa shape index (κ1) is 37.9. The second-order valence-electron chi connectivity index (χ2n) is 17.1. The molecule has 13 rings (SSSR count). The Bertz CT molecular complexity index is 3480. The molecule has 1 aromatic heterocycles. The van der Waals surface area contributed by atoms with Crippen LogP contribution in [0.3, 0.4) is 0 Å². The summed E-state index contributed by atoms with van der Waals surface area (Å²) in [6.07, 6.45) is 0. The maximum Gasteiger partial charge on any atom is 0.289 e. The molecular weight excluding hydrogens is 822 g/mol. The Labute approximate surface area is 384 Å². The first-order chi connectivity index (χ1) is 32.2. The molecule has 0 saturated carbocycles. The van der Waals surface area contributed by atoms with Crippen LogP contribution in [-0.4, -0.2) is 18.6 Å². The summed E-state index contributed by atoms with van der Waals surface area (Å²) in [5, 5.41) is 7.93. The summed E-state index contributed by atoms with van der Waals surface area (Å²) in [5.74, 6) is 1.92. The minimum Gasteiger partial charge on any atom is -0.458 e. The van der Waals surface area contributed by atoms with Gasteiger partial charge in [-0.05, 0) is 114 Å². The fraction of sp³-hybridized carbons (Fsp3) is 0. The first-order valence-corrected chi connectivity index (χ1v) is 25.2. The molecule has 0 unspecified atom stereocenters. The third-order valence-electron chi connectivity index (χ3n) is 13.6. The minimum absolute atomic E-state index is 0.0901. The van der Waals surface area contributed by atoms with Gasteiger partial charge in [0.2, 0.25) is 0 Å². The Morgan fingerprint density at radius 1 is 0.400 bits per heavy atom. The van der Waals surface area contributed by atoms with Crippen molar-refractivity contribution in [3.8, 4) is 50.6 Å². The van der Waals surface area contributed by atoms with E-state index in [1.807, 2.05) is 11.6 Å². The van der Waals surface area contributed by atoms with Crippen LogP contribution >= 0.6 is 11.6 Å². The van der Waals surface area contributed by atoms with Crippen LogP contribution in [-0.2, 0) is 0 Å². The normalized spacial score (nSPS) is 12.6. The summed E-state index contributed by atoms with van der Waals surface area (Å²) in [5.41, 5.74) is 13.2. The Balaban J connectivity index is 0.985. The highest BCUT2D eigenvalue weighted by molar-refractivity contribution is 8.28. The molecule has 65 heavy (non-hydrogen) atoms. The smallest absolute Gasteiger partial charge is 0.289 e. The standard InChI is InChI=1S/C60H40BNOSSi/c1-4-21-45(22-5-1)65(46-23-6-2-7-24-46,47-25-8-3-9-26-47)59-34-17-13-27-48(59)43-38-52-51-30-12-16-33-58(51)64-61-53-36-35-42(39-56(53)63-57(40-43)60(52)61)41-19-18-20-44(37-41)62-54-31-14-10-28-49(54)50-29-11-15-32-55(50)62/h1-40H. The number of hydrogen-bond donors (Lipinski definition) is 0. The van der Waals surface area contributed by atoms with Crippen LogP contribution in [0.1, 0.15) is 0 Å². The van der Waals surface area contributed by atoms with E-state index in [1.54, 1.807) is 0 Å². The average molecular weight is 862 g/mol. The van der Waals surface area contributed by atoms with Gasteiger partial charge in [0.05, 0.1) is 11.0 Å². The van der Waals surface area contributed by atoms with E-state index in [4.69, 9.17) is 4.74 Å². The maximum atomic E-state index is 7.25. The van der Waals surface area contributed by atoms with Gasteiger partial charge in [-0.1, -0.05) is 194 Å². The van der Waals surface area contributed by atoms with Crippen LogP contribution in [0.2, 0.25) is 0 Å². The molecule has 0 aliphatic carbocycles. The number of rotatable bonds is 7. The molecule has 304 valence electrons. The number of aromatic nitrogens is 1. The zero-order chi connectivity index (χ0) is 42.9. The van der Waals surface area contributed by atoms with Crippen LogP contribution in [0.15, 0.2) is 248 Å². The second kappa shape index (κ2) is 15.3. The number of benzene rings is 10. The van der Waals surface area contributed by atoms with Gasteiger partial charge in [-0.25, -0.2) is 0 Å². The summed E-state index contributed by atoms with van der Waals surface area (Å²) in [4.78, 5) is 1.29. The molecule has 2 aliphatic heterocycles. The van der Waals surface area contributed by atoms with Crippen molar-refractivity contribution in [2.45, 2.75) is 4.90 Å². The molecule has 0 bridgehead atoms. The van der Waals surface area contributed by atoms with Crippen molar-refractivity contribution >= 4 is 79.2 Å². The predicted octanol–water partition coefficient (Wildman–Crippen LogP) is 11.5. The lowest BCUT2D eigenvalue weighted by molar-refractivity contribution is 0.488. The lowest BCUT2D eigenvalue weighted by Gasteiger charge is -2.36. The molecule has 5 heteroatoms. The van der Waals surface area contributed by atoms with Crippen LogP contribution in [0.25, 0.3) is 60.9 Å². The van der Waals surface area contributed by atoms with Gasteiger partial charge in [0.25, 0.3) is 5.99 Å². The molecule has 10 aromatic carbocycles. The van der Waals surface area contributed by atoms with E-state index in [9.17, 15) is 0 Å². The summed E-state index contributed by atoms with van der Waals surface area (Å²) >= 11 is 1.94. The molecule has 0 spiro atoms. The van der Waals surface area contributed by atoms with Gasteiger partial charge in [0, 0.05) is 21.4 Å². The molecular formula is C60H40BNOSSi. The second-order valence-corrected chi connectivity index (χ2v) is 22.0. The molecule has 0 N–H and O–H groups in total. The minimum atomic E-state index is -2.87. The van der Waals surface area contributed by atoms with Crippen LogP contribution in [0.4, 0.5) is 0 Å². The topological polar surface area (TPSA) is 14.2 Å². The monoisotopic (exact) mass is 861 g/mol. The number of ether oxygens (including phenoxy) is 1. The van der Waals surface area contributed by atoms with Crippen molar-refractivity contribution in [3.05, 3.63) is 243 Å². The highest BCUT2D eigenvalue weighted by atomic mass is 32.2. The molecule has 0 amide bonds. The Kier molecular flexibility index (Phi) is 8.93. The molecule has 0 atom stereocenters. The van der Waals surface area contributed by atoms with E-state index in [-0.39, 0.29) is 5.99 Å². The third kappa shape index (κ3) is 5.96. The lowest BCUT2D eigenvalue weighted by atomic mass is 9.57. The summed E-state index contributed by atoms with van der Waals surface area (Å²) in [6, 6.07) is 89.7. The van der Waals surface area contributed by atoms with Crippen molar-refractivity contribution in [3.63, 3.8) is 0 Å². The molecule has 3 heterocycles. The number of fused-ring (bicyclic) bond motifs is 7. The Morgan fingerprint density at radius 3 is 1.63 bits per heavy atom. The number of para-hydroxylation sites is 2. The largest absolute Gasteiger partial charge is 0.458 e. The fourth-order valence-electron chi connectivity index (χ4n) is 10.8. The van der Waals surface area contributed by atoms with Crippen molar-refractivity contribution in [1.82, 2.24) is 4.57 Å². The van der Waals surface area contributed by atoms with Gasteiger partial charge in [-0.3, -0.25) is 0 Å². The molecule has 0 fully saturated rings. The number of nitrogens with zero attached hydrogens (tertiary/aromatic N) is 1. The molecule has 2 aliphatic rings. The van der Waals surface area contributed by atoms with Gasteiger partial charge in [0.1, 0.15) is 11.5 Å². The lowest BCUT2D eigenvalue weighted by Crippen LogP contribution is -2.75. The van der Waals surface area contributed by atoms with E-state index in [2.05, 4.69) is 247 Å². The highest BCUT2D eigenvalue weighted by Crippen LogP contribution is 2.45. The van der Waals surface area contributed by atoms with Gasteiger partial charge in [-0.2, -0.15) is 11.6 Å². The Hall–Kier alpha value is -7.57. The van der Waals surface area contributed by atoms with Crippen LogP contribution in [0, 0.1) is 0 Å². The van der Waals surface area contributed by atoms with E-state index >= 15 is 0 Å². The van der Waals surface area contributed by atoms with Gasteiger partial charge >= 0.3 is 0 Å². The molecule has 2 nitrogen and oxygen atoms in total. The average Bonchev–Trinajstić information content (AvgIpc) is 3.72. The third-order valence-corrected chi connectivity index (χ3v) is 19.8.